The standard InChI is InChI=1S/C15H21N3OS/c1-9-18-14-6-13(12(16)5-15(14)20-9)17-7-10-3-2-4-11(10)8-19/h5-6,10-11,17,19H,2-4,7-8,16H2,1H3. The zero-order valence-electron chi connectivity index (χ0n) is 11.7. The van der Waals surface area contributed by atoms with Gasteiger partial charge in [0.1, 0.15) is 0 Å². The number of nitrogens with zero attached hydrogens (tertiary/aromatic N) is 1. The number of nitrogens with one attached hydrogen (secondary N) is 1. The predicted molar refractivity (Wildman–Crippen MR) is 85.2 cm³/mol. The lowest BCUT2D eigenvalue weighted by Crippen LogP contribution is -2.21. The molecule has 3 rings (SSSR count). The van der Waals surface area contributed by atoms with Gasteiger partial charge in [-0.3, -0.25) is 0 Å². The van der Waals surface area contributed by atoms with Crippen molar-refractivity contribution in [2.45, 2.75) is 26.2 Å². The fraction of sp³-hybridized carbons (Fsp3) is 0.533. The maximum Gasteiger partial charge on any atom is 0.0907 e. The molecule has 4 N–H and O–H groups in total. The Hall–Kier alpha value is -1.33. The topological polar surface area (TPSA) is 71.2 Å². The Balaban J connectivity index is 1.75. The van der Waals surface area contributed by atoms with E-state index < -0.39 is 0 Å². The normalized spacial score (nSPS) is 22.5. The smallest absolute Gasteiger partial charge is 0.0907 e. The van der Waals surface area contributed by atoms with E-state index in [0.717, 1.165) is 39.6 Å². The number of aryl methyl sites for hydroxylation is 1. The van der Waals surface area contributed by atoms with Gasteiger partial charge in [-0.25, -0.2) is 4.98 Å². The molecule has 0 radical (unpaired) electrons. The molecule has 2 unspecified atom stereocenters. The molecule has 0 spiro atoms. The van der Waals surface area contributed by atoms with Crippen molar-refractivity contribution in [3.05, 3.63) is 17.1 Å². The Labute approximate surface area is 123 Å². The number of hydrogen-bond donors (Lipinski definition) is 3. The molecule has 108 valence electrons. The van der Waals surface area contributed by atoms with E-state index in [4.69, 9.17) is 5.73 Å². The number of nitrogen functional groups attached to an aromatic ring is 1. The highest BCUT2D eigenvalue weighted by molar-refractivity contribution is 7.18. The predicted octanol–water partition coefficient (Wildman–Crippen LogP) is 3.01. The molecule has 0 saturated heterocycles. The second-order valence-electron chi connectivity index (χ2n) is 5.65. The van der Waals surface area contributed by atoms with Gasteiger partial charge in [0, 0.05) is 13.2 Å². The third-order valence-electron chi connectivity index (χ3n) is 4.27. The highest BCUT2D eigenvalue weighted by atomic mass is 32.1. The summed E-state index contributed by atoms with van der Waals surface area (Å²) in [7, 11) is 0. The maximum absolute atomic E-state index is 9.37. The van der Waals surface area contributed by atoms with E-state index in [2.05, 4.69) is 10.3 Å². The zero-order valence-corrected chi connectivity index (χ0v) is 12.5. The van der Waals surface area contributed by atoms with Crippen molar-refractivity contribution in [2.24, 2.45) is 11.8 Å². The average molecular weight is 291 g/mol. The van der Waals surface area contributed by atoms with Crippen molar-refractivity contribution in [1.82, 2.24) is 4.98 Å². The van der Waals surface area contributed by atoms with Gasteiger partial charge >= 0.3 is 0 Å². The average Bonchev–Trinajstić information content (AvgIpc) is 3.00. The number of thiazole rings is 1. The number of hydrogen-bond acceptors (Lipinski definition) is 5. The van der Waals surface area contributed by atoms with E-state index in [9.17, 15) is 5.11 Å². The molecule has 1 aromatic heterocycles. The van der Waals surface area contributed by atoms with Crippen LogP contribution in [0.25, 0.3) is 10.2 Å². The third-order valence-corrected chi connectivity index (χ3v) is 5.21. The fourth-order valence-corrected chi connectivity index (χ4v) is 3.98. The molecule has 1 saturated carbocycles. The van der Waals surface area contributed by atoms with E-state index in [0.29, 0.717) is 18.4 Å². The summed E-state index contributed by atoms with van der Waals surface area (Å²) in [5.74, 6) is 0.987. The van der Waals surface area contributed by atoms with Crippen molar-refractivity contribution < 1.29 is 5.11 Å². The van der Waals surface area contributed by atoms with Crippen molar-refractivity contribution >= 4 is 32.9 Å². The number of fused-ring (bicyclic) bond motifs is 1. The Morgan fingerprint density at radius 1 is 1.40 bits per heavy atom. The molecule has 1 aliphatic carbocycles. The largest absolute Gasteiger partial charge is 0.397 e. The van der Waals surface area contributed by atoms with Crippen LogP contribution in [-0.2, 0) is 0 Å². The van der Waals surface area contributed by atoms with Gasteiger partial charge in [0.05, 0.1) is 26.6 Å². The molecule has 5 heteroatoms. The molecule has 2 atom stereocenters. The number of nitrogens with two attached hydrogens (primary N) is 1. The number of aromatic nitrogens is 1. The Morgan fingerprint density at radius 2 is 2.20 bits per heavy atom. The number of anilines is 2. The lowest BCUT2D eigenvalue weighted by molar-refractivity contribution is 0.199. The van der Waals surface area contributed by atoms with E-state index in [1.54, 1.807) is 11.3 Å². The van der Waals surface area contributed by atoms with Crippen LogP contribution in [0.15, 0.2) is 12.1 Å². The van der Waals surface area contributed by atoms with Gasteiger partial charge in [-0.1, -0.05) is 6.42 Å². The van der Waals surface area contributed by atoms with Gasteiger partial charge in [-0.15, -0.1) is 11.3 Å². The molecule has 20 heavy (non-hydrogen) atoms. The van der Waals surface area contributed by atoms with Crippen LogP contribution in [0.3, 0.4) is 0 Å². The summed E-state index contributed by atoms with van der Waals surface area (Å²) < 4.78 is 1.14. The van der Waals surface area contributed by atoms with Crippen LogP contribution >= 0.6 is 11.3 Å². The van der Waals surface area contributed by atoms with Gasteiger partial charge in [0.15, 0.2) is 0 Å². The summed E-state index contributed by atoms with van der Waals surface area (Å²) in [6.45, 7) is 3.19. The molecule has 1 fully saturated rings. The van der Waals surface area contributed by atoms with Gasteiger partial charge in [-0.2, -0.15) is 0 Å². The SMILES string of the molecule is Cc1nc2cc(NCC3CCCC3CO)c(N)cc2s1. The van der Waals surface area contributed by atoms with Crippen molar-refractivity contribution in [2.75, 3.05) is 24.2 Å². The molecule has 1 aromatic carbocycles. The minimum atomic E-state index is 0.298. The molecular formula is C15H21N3OS. The summed E-state index contributed by atoms with van der Waals surface area (Å²) in [6.07, 6.45) is 3.55. The molecule has 1 aliphatic rings. The molecule has 0 amide bonds. The van der Waals surface area contributed by atoms with Gasteiger partial charge in [-0.05, 0) is 43.7 Å². The number of aliphatic hydroxyl groups excluding tert-OH is 1. The first-order chi connectivity index (χ1) is 9.67. The first-order valence-electron chi connectivity index (χ1n) is 7.18. The number of aliphatic hydroxyl groups is 1. The summed E-state index contributed by atoms with van der Waals surface area (Å²) in [4.78, 5) is 4.51. The molecule has 1 heterocycles. The molecule has 0 aliphatic heterocycles. The molecule has 2 aromatic rings. The van der Waals surface area contributed by atoms with Gasteiger partial charge in [0.2, 0.25) is 0 Å². The zero-order chi connectivity index (χ0) is 14.1. The summed E-state index contributed by atoms with van der Waals surface area (Å²) in [6, 6.07) is 4.04. The lowest BCUT2D eigenvalue weighted by atomic mass is 9.97. The summed E-state index contributed by atoms with van der Waals surface area (Å²) in [5.41, 5.74) is 8.87. The maximum atomic E-state index is 9.37. The fourth-order valence-electron chi connectivity index (χ4n) is 3.12. The second-order valence-corrected chi connectivity index (χ2v) is 6.89. The molecule has 4 nitrogen and oxygen atoms in total. The van der Waals surface area contributed by atoms with Gasteiger partial charge < -0.3 is 16.2 Å². The van der Waals surface area contributed by atoms with E-state index >= 15 is 0 Å². The minimum absolute atomic E-state index is 0.298. The van der Waals surface area contributed by atoms with E-state index in [1.807, 2.05) is 19.1 Å². The Bertz CT molecular complexity index is 610. The van der Waals surface area contributed by atoms with Crippen LogP contribution in [0, 0.1) is 18.8 Å². The van der Waals surface area contributed by atoms with Crippen LogP contribution in [0.2, 0.25) is 0 Å². The second kappa shape index (κ2) is 5.58. The van der Waals surface area contributed by atoms with Crippen molar-refractivity contribution in [1.29, 1.82) is 0 Å². The van der Waals surface area contributed by atoms with E-state index in [-0.39, 0.29) is 0 Å². The van der Waals surface area contributed by atoms with Gasteiger partial charge in [0.25, 0.3) is 0 Å². The monoisotopic (exact) mass is 291 g/mol. The summed E-state index contributed by atoms with van der Waals surface area (Å²) in [5, 5.41) is 13.9. The highest BCUT2D eigenvalue weighted by Crippen LogP contribution is 2.33. The van der Waals surface area contributed by atoms with Crippen molar-refractivity contribution in [3.63, 3.8) is 0 Å². The number of rotatable bonds is 4. The van der Waals surface area contributed by atoms with Crippen LogP contribution < -0.4 is 11.1 Å². The third kappa shape index (κ3) is 2.60. The molecular weight excluding hydrogens is 270 g/mol. The minimum Gasteiger partial charge on any atom is -0.397 e. The first-order valence-corrected chi connectivity index (χ1v) is 8.00. The Morgan fingerprint density at radius 3 is 3.00 bits per heavy atom. The van der Waals surface area contributed by atoms with Crippen LogP contribution in [0.5, 0.6) is 0 Å². The Kier molecular flexibility index (Phi) is 3.81. The van der Waals surface area contributed by atoms with Crippen LogP contribution in [0.1, 0.15) is 24.3 Å². The number of benzene rings is 1. The summed E-state index contributed by atoms with van der Waals surface area (Å²) >= 11 is 1.67. The van der Waals surface area contributed by atoms with E-state index in [1.165, 1.54) is 12.8 Å². The molecule has 0 bridgehead atoms. The lowest BCUT2D eigenvalue weighted by Gasteiger charge is -2.19. The van der Waals surface area contributed by atoms with Crippen LogP contribution in [0.4, 0.5) is 11.4 Å². The highest BCUT2D eigenvalue weighted by Gasteiger charge is 2.26. The first kappa shape index (κ1) is 13.6. The van der Waals surface area contributed by atoms with Crippen molar-refractivity contribution in [3.8, 4) is 0 Å². The quantitative estimate of drug-likeness (QED) is 0.757. The van der Waals surface area contributed by atoms with Crippen LogP contribution in [-0.4, -0.2) is 23.2 Å².